The first-order valence-corrected chi connectivity index (χ1v) is 12.5. The number of anilines is 1. The van der Waals surface area contributed by atoms with Crippen LogP contribution in [0.4, 0.5) is 11.4 Å². The SMILES string of the molecule is [C-]#[N+]c1ccc([C@](C)(O)CN2CCN(c3ccc(OCCO)cc3Cl)[C@H](c3ccc(C)cc3)C2)cc1. The van der Waals surface area contributed by atoms with Crippen molar-refractivity contribution in [2.45, 2.75) is 25.5 Å². The molecule has 0 bridgehead atoms. The maximum Gasteiger partial charge on any atom is 0.187 e. The Kier molecular flexibility index (Phi) is 8.17. The van der Waals surface area contributed by atoms with Gasteiger partial charge in [0, 0.05) is 32.2 Å². The van der Waals surface area contributed by atoms with Crippen molar-refractivity contribution < 1.29 is 14.9 Å². The summed E-state index contributed by atoms with van der Waals surface area (Å²) in [6.07, 6.45) is 0. The predicted molar refractivity (Wildman–Crippen MR) is 144 cm³/mol. The number of aliphatic hydroxyl groups excluding tert-OH is 1. The molecule has 3 aromatic carbocycles. The molecule has 0 spiro atoms. The second-order valence-electron chi connectivity index (χ2n) is 9.47. The van der Waals surface area contributed by atoms with Crippen LogP contribution in [0.1, 0.15) is 29.7 Å². The van der Waals surface area contributed by atoms with Crippen molar-refractivity contribution in [2.24, 2.45) is 0 Å². The summed E-state index contributed by atoms with van der Waals surface area (Å²) in [6.45, 7) is 13.9. The van der Waals surface area contributed by atoms with Gasteiger partial charge in [0.2, 0.25) is 0 Å². The molecule has 0 amide bonds. The van der Waals surface area contributed by atoms with E-state index >= 15 is 0 Å². The number of hydrogen-bond donors (Lipinski definition) is 2. The number of piperazine rings is 1. The van der Waals surface area contributed by atoms with Crippen molar-refractivity contribution in [2.75, 3.05) is 44.3 Å². The average molecular weight is 506 g/mol. The molecule has 36 heavy (non-hydrogen) atoms. The third-order valence-electron chi connectivity index (χ3n) is 6.66. The van der Waals surface area contributed by atoms with E-state index in [2.05, 4.69) is 45.8 Å². The highest BCUT2D eigenvalue weighted by Gasteiger charge is 2.34. The topological polar surface area (TPSA) is 60.5 Å². The number of hydrogen-bond acceptors (Lipinski definition) is 5. The Morgan fingerprint density at radius 3 is 2.44 bits per heavy atom. The van der Waals surface area contributed by atoms with Gasteiger partial charge in [-0.2, -0.15) is 0 Å². The van der Waals surface area contributed by atoms with Crippen LogP contribution in [0.15, 0.2) is 66.7 Å². The maximum absolute atomic E-state index is 11.3. The number of β-amino-alcohol motifs (C(OH)–C–C–N with tert-alkyl or cyclic N) is 1. The fraction of sp³-hybridized carbons (Fsp3) is 0.345. The summed E-state index contributed by atoms with van der Waals surface area (Å²) in [7, 11) is 0. The van der Waals surface area contributed by atoms with E-state index in [1.807, 2.05) is 31.2 Å². The van der Waals surface area contributed by atoms with E-state index in [4.69, 9.17) is 28.0 Å². The zero-order chi connectivity index (χ0) is 25.7. The Bertz CT molecular complexity index is 1210. The van der Waals surface area contributed by atoms with Crippen LogP contribution in [0.5, 0.6) is 5.75 Å². The third kappa shape index (κ3) is 6.00. The predicted octanol–water partition coefficient (Wildman–Crippen LogP) is 5.34. The lowest BCUT2D eigenvalue weighted by molar-refractivity contribution is 0.0103. The Morgan fingerprint density at radius 2 is 1.81 bits per heavy atom. The molecule has 0 radical (unpaired) electrons. The van der Waals surface area contributed by atoms with Crippen LogP contribution in [0.25, 0.3) is 4.85 Å². The first-order chi connectivity index (χ1) is 17.3. The van der Waals surface area contributed by atoms with Crippen molar-refractivity contribution in [1.29, 1.82) is 0 Å². The van der Waals surface area contributed by atoms with Crippen LogP contribution in [0, 0.1) is 13.5 Å². The first-order valence-electron chi connectivity index (χ1n) is 12.1. The fourth-order valence-electron chi connectivity index (χ4n) is 4.74. The molecule has 0 aliphatic carbocycles. The minimum atomic E-state index is -1.05. The molecule has 3 aromatic rings. The van der Waals surface area contributed by atoms with Gasteiger partial charge in [-0.15, -0.1) is 0 Å². The van der Waals surface area contributed by atoms with E-state index in [1.54, 1.807) is 18.2 Å². The van der Waals surface area contributed by atoms with Gasteiger partial charge >= 0.3 is 0 Å². The molecule has 6 nitrogen and oxygen atoms in total. The highest BCUT2D eigenvalue weighted by Crippen LogP contribution is 2.38. The molecule has 7 heteroatoms. The molecule has 4 rings (SSSR count). The Labute approximate surface area is 218 Å². The summed E-state index contributed by atoms with van der Waals surface area (Å²) in [6, 6.07) is 21.4. The third-order valence-corrected chi connectivity index (χ3v) is 6.97. The van der Waals surface area contributed by atoms with Crippen LogP contribution >= 0.6 is 11.6 Å². The van der Waals surface area contributed by atoms with Crippen molar-refractivity contribution in [3.8, 4) is 5.75 Å². The zero-order valence-electron chi connectivity index (χ0n) is 20.7. The number of benzene rings is 3. The summed E-state index contributed by atoms with van der Waals surface area (Å²) in [5.74, 6) is 0.628. The number of rotatable bonds is 8. The molecule has 0 saturated carbocycles. The van der Waals surface area contributed by atoms with Crippen LogP contribution < -0.4 is 9.64 Å². The van der Waals surface area contributed by atoms with Crippen molar-refractivity contribution in [3.05, 3.63) is 99.9 Å². The molecule has 188 valence electrons. The Hall–Kier alpha value is -3.08. The molecule has 0 unspecified atom stereocenters. The van der Waals surface area contributed by atoms with E-state index in [9.17, 15) is 5.11 Å². The summed E-state index contributed by atoms with van der Waals surface area (Å²) in [5.41, 5.74) is 3.62. The maximum atomic E-state index is 11.3. The molecule has 2 N–H and O–H groups in total. The summed E-state index contributed by atoms with van der Waals surface area (Å²) < 4.78 is 5.53. The molecule has 0 aromatic heterocycles. The highest BCUT2D eigenvalue weighted by atomic mass is 35.5. The van der Waals surface area contributed by atoms with Crippen LogP contribution in [-0.2, 0) is 5.60 Å². The smallest absolute Gasteiger partial charge is 0.187 e. The molecule has 1 fully saturated rings. The normalized spacial score (nSPS) is 17.9. The molecular weight excluding hydrogens is 474 g/mol. The lowest BCUT2D eigenvalue weighted by atomic mass is 9.93. The lowest BCUT2D eigenvalue weighted by Gasteiger charge is -2.45. The van der Waals surface area contributed by atoms with Gasteiger partial charge in [0.15, 0.2) is 5.69 Å². The van der Waals surface area contributed by atoms with Gasteiger partial charge < -0.3 is 19.8 Å². The fourth-order valence-corrected chi connectivity index (χ4v) is 5.02. The second kappa shape index (κ2) is 11.3. The zero-order valence-corrected chi connectivity index (χ0v) is 21.4. The van der Waals surface area contributed by atoms with Gasteiger partial charge in [0.25, 0.3) is 0 Å². The number of halogens is 1. The molecule has 1 aliphatic rings. The molecule has 2 atom stereocenters. The molecular formula is C29H32ClN3O3. The summed E-state index contributed by atoms with van der Waals surface area (Å²) >= 11 is 6.71. The van der Waals surface area contributed by atoms with E-state index in [1.165, 1.54) is 11.1 Å². The monoisotopic (exact) mass is 505 g/mol. The van der Waals surface area contributed by atoms with Gasteiger partial charge in [-0.25, -0.2) is 4.85 Å². The number of nitrogens with zero attached hydrogens (tertiary/aromatic N) is 3. The van der Waals surface area contributed by atoms with Gasteiger partial charge in [0.1, 0.15) is 12.4 Å². The number of ether oxygens (including phenoxy) is 1. The highest BCUT2D eigenvalue weighted by molar-refractivity contribution is 6.33. The quantitative estimate of drug-likeness (QED) is 0.405. The minimum Gasteiger partial charge on any atom is -0.491 e. The number of aliphatic hydroxyl groups is 2. The summed E-state index contributed by atoms with van der Waals surface area (Å²) in [5, 5.41) is 21.0. The van der Waals surface area contributed by atoms with Crippen LogP contribution in [0.3, 0.4) is 0 Å². The summed E-state index contributed by atoms with van der Waals surface area (Å²) in [4.78, 5) is 8.05. The van der Waals surface area contributed by atoms with Gasteiger partial charge in [-0.3, -0.25) is 4.90 Å². The second-order valence-corrected chi connectivity index (χ2v) is 9.88. The van der Waals surface area contributed by atoms with Gasteiger partial charge in [-0.1, -0.05) is 65.7 Å². The molecule has 1 aliphatic heterocycles. The Balaban J connectivity index is 1.58. The van der Waals surface area contributed by atoms with Crippen molar-refractivity contribution >= 4 is 23.0 Å². The molecule has 1 saturated heterocycles. The largest absolute Gasteiger partial charge is 0.491 e. The van der Waals surface area contributed by atoms with Crippen LogP contribution in [0.2, 0.25) is 5.02 Å². The van der Waals surface area contributed by atoms with Crippen molar-refractivity contribution in [1.82, 2.24) is 4.90 Å². The van der Waals surface area contributed by atoms with Gasteiger partial charge in [0.05, 0.1) is 35.5 Å². The van der Waals surface area contributed by atoms with Gasteiger partial charge in [-0.05, 0) is 37.1 Å². The lowest BCUT2D eigenvalue weighted by Crippen LogP contribution is -2.52. The minimum absolute atomic E-state index is 0.0429. The van der Waals surface area contributed by atoms with E-state index < -0.39 is 5.60 Å². The molecule has 1 heterocycles. The van der Waals surface area contributed by atoms with E-state index in [-0.39, 0.29) is 19.3 Å². The van der Waals surface area contributed by atoms with E-state index in [0.29, 0.717) is 23.0 Å². The van der Waals surface area contributed by atoms with Crippen LogP contribution in [-0.4, -0.2) is 54.5 Å². The first kappa shape index (κ1) is 26.0. The Morgan fingerprint density at radius 1 is 1.08 bits per heavy atom. The standard InChI is InChI=1S/C29H32ClN3O3/c1-21-4-6-22(7-5-21)28-19-32(20-29(2,35)23-8-10-24(31-3)11-9-23)14-15-33(28)27-13-12-25(18-26(27)30)36-17-16-34/h4-13,18,28,34-35H,14-17,19-20H2,1-2H3/t28-,29+/m0/s1. The van der Waals surface area contributed by atoms with E-state index in [0.717, 1.165) is 30.9 Å². The average Bonchev–Trinajstić information content (AvgIpc) is 2.88. The number of aryl methyl sites for hydroxylation is 1. The van der Waals surface area contributed by atoms with Crippen molar-refractivity contribution in [3.63, 3.8) is 0 Å².